The van der Waals surface area contributed by atoms with Crippen LogP contribution in [0.5, 0.6) is 0 Å². The zero-order valence-corrected chi connectivity index (χ0v) is 25.4. The summed E-state index contributed by atoms with van der Waals surface area (Å²) in [6.07, 6.45) is 0. The molecule has 0 saturated heterocycles. The van der Waals surface area contributed by atoms with Crippen LogP contribution < -0.4 is 0 Å². The molecular formula is C41H24N6O. The summed E-state index contributed by atoms with van der Waals surface area (Å²) in [5.41, 5.74) is 8.69. The molecule has 0 aliphatic carbocycles. The minimum absolute atomic E-state index is 0.577. The number of hydrogen-bond donors (Lipinski definition) is 0. The van der Waals surface area contributed by atoms with Crippen LogP contribution in [-0.4, -0.2) is 29.3 Å². The lowest BCUT2D eigenvalue weighted by Crippen LogP contribution is -2.00. The molecule has 10 aromatic rings. The van der Waals surface area contributed by atoms with E-state index in [2.05, 4.69) is 40.8 Å². The van der Waals surface area contributed by atoms with E-state index in [0.29, 0.717) is 17.5 Å². The van der Waals surface area contributed by atoms with Crippen molar-refractivity contribution >= 4 is 49.5 Å². The molecule has 10 rings (SSSR count). The zero-order valence-electron chi connectivity index (χ0n) is 25.4. The van der Waals surface area contributed by atoms with E-state index in [1.54, 1.807) is 0 Å². The molecule has 0 unspecified atom stereocenters. The van der Waals surface area contributed by atoms with Crippen molar-refractivity contribution in [3.8, 4) is 45.6 Å². The van der Waals surface area contributed by atoms with Gasteiger partial charge >= 0.3 is 0 Å². The highest BCUT2D eigenvalue weighted by molar-refractivity contribution is 6.15. The summed E-state index contributed by atoms with van der Waals surface area (Å²) >= 11 is 0. The molecule has 0 aliphatic rings. The van der Waals surface area contributed by atoms with Crippen molar-refractivity contribution in [3.63, 3.8) is 0 Å². The standard InChI is InChI=1S/C41H24N6O/c1-3-13-25(14-4-1)37-44-38(26-15-5-2-6-16-26)46-39(45-37)29-19-12-24-34-35(29)28-18-11-20-30(36(28)48-34)41-42-31-21-8-7-17-27(31)40-43-32-22-9-10-23-33(32)47(40)41/h1-24H. The monoisotopic (exact) mass is 616 g/mol. The van der Waals surface area contributed by atoms with Gasteiger partial charge in [0.15, 0.2) is 23.3 Å². The average Bonchev–Trinajstić information content (AvgIpc) is 3.75. The Morgan fingerprint density at radius 1 is 0.438 bits per heavy atom. The molecule has 7 nitrogen and oxygen atoms in total. The Bertz CT molecular complexity index is 2780. The molecule has 0 bridgehead atoms. The van der Waals surface area contributed by atoms with Gasteiger partial charge in [-0.05, 0) is 36.4 Å². The molecule has 4 aromatic heterocycles. The number of benzene rings is 6. The van der Waals surface area contributed by atoms with Gasteiger partial charge in [-0.25, -0.2) is 24.9 Å². The Morgan fingerprint density at radius 3 is 1.81 bits per heavy atom. The lowest BCUT2D eigenvalue weighted by Gasteiger charge is -2.10. The second-order valence-electron chi connectivity index (χ2n) is 11.7. The molecule has 0 fully saturated rings. The molecule has 0 atom stereocenters. The number of fused-ring (bicyclic) bond motifs is 8. The van der Waals surface area contributed by atoms with Crippen LogP contribution in [-0.2, 0) is 0 Å². The number of nitrogens with zero attached hydrogens (tertiary/aromatic N) is 6. The Morgan fingerprint density at radius 2 is 1.04 bits per heavy atom. The molecule has 0 spiro atoms. The van der Waals surface area contributed by atoms with E-state index in [0.717, 1.165) is 77.6 Å². The Hall–Kier alpha value is -6.73. The maximum absolute atomic E-state index is 6.73. The Kier molecular flexibility index (Phi) is 5.74. The van der Waals surface area contributed by atoms with Crippen LogP contribution in [0.15, 0.2) is 150 Å². The van der Waals surface area contributed by atoms with Crippen molar-refractivity contribution in [2.45, 2.75) is 0 Å². The maximum atomic E-state index is 6.73. The second-order valence-corrected chi connectivity index (χ2v) is 11.7. The van der Waals surface area contributed by atoms with Gasteiger partial charge in [-0.15, -0.1) is 0 Å². The first-order chi connectivity index (χ1) is 23.8. The molecule has 0 N–H and O–H groups in total. The zero-order chi connectivity index (χ0) is 31.6. The molecule has 224 valence electrons. The summed E-state index contributed by atoms with van der Waals surface area (Å²) in [6.45, 7) is 0. The van der Waals surface area contributed by atoms with Gasteiger partial charge in [-0.3, -0.25) is 4.40 Å². The SMILES string of the molecule is c1ccc(-c2nc(-c3ccccc3)nc(-c3cccc4oc5c(-c6nc7ccccc7c7nc8ccccc8n67)cccc5c34)n2)cc1. The molecule has 6 aromatic carbocycles. The van der Waals surface area contributed by atoms with Crippen LogP contribution in [0.25, 0.3) is 95.1 Å². The molecule has 0 aliphatic heterocycles. The predicted octanol–water partition coefficient (Wildman–Crippen LogP) is 9.79. The highest BCUT2D eigenvalue weighted by atomic mass is 16.3. The van der Waals surface area contributed by atoms with Crippen molar-refractivity contribution < 1.29 is 4.42 Å². The van der Waals surface area contributed by atoms with E-state index in [9.17, 15) is 0 Å². The fourth-order valence-corrected chi connectivity index (χ4v) is 6.67. The van der Waals surface area contributed by atoms with Crippen molar-refractivity contribution in [2.24, 2.45) is 0 Å². The molecular weight excluding hydrogens is 592 g/mol. The summed E-state index contributed by atoms with van der Waals surface area (Å²) in [5, 5.41) is 2.88. The number of aromatic nitrogens is 6. The lowest BCUT2D eigenvalue weighted by atomic mass is 10.0. The van der Waals surface area contributed by atoms with Gasteiger partial charge in [-0.1, -0.05) is 109 Å². The van der Waals surface area contributed by atoms with E-state index >= 15 is 0 Å². The minimum Gasteiger partial charge on any atom is -0.455 e. The number of rotatable bonds is 4. The summed E-state index contributed by atoms with van der Waals surface area (Å²) < 4.78 is 8.88. The lowest BCUT2D eigenvalue weighted by molar-refractivity contribution is 0.669. The van der Waals surface area contributed by atoms with Gasteiger partial charge in [0.1, 0.15) is 16.8 Å². The Balaban J connectivity index is 1.25. The summed E-state index contributed by atoms with van der Waals surface area (Å²) in [6, 6.07) is 48.6. The number of furan rings is 1. The largest absolute Gasteiger partial charge is 0.455 e. The first kappa shape index (κ1) is 26.5. The van der Waals surface area contributed by atoms with E-state index in [1.165, 1.54) is 0 Å². The fraction of sp³-hybridized carbons (Fsp3) is 0. The van der Waals surface area contributed by atoms with Gasteiger partial charge in [0, 0.05) is 32.8 Å². The quantitative estimate of drug-likeness (QED) is 0.196. The van der Waals surface area contributed by atoms with E-state index in [1.807, 2.05) is 109 Å². The average molecular weight is 617 g/mol. The fourth-order valence-electron chi connectivity index (χ4n) is 6.67. The van der Waals surface area contributed by atoms with Crippen LogP contribution in [0.2, 0.25) is 0 Å². The smallest absolute Gasteiger partial charge is 0.164 e. The van der Waals surface area contributed by atoms with Crippen LogP contribution in [0.3, 0.4) is 0 Å². The maximum Gasteiger partial charge on any atom is 0.164 e. The normalized spacial score (nSPS) is 11.8. The van der Waals surface area contributed by atoms with Crippen LogP contribution in [0.1, 0.15) is 0 Å². The molecule has 4 heterocycles. The number of imidazole rings is 1. The van der Waals surface area contributed by atoms with Gasteiger partial charge < -0.3 is 4.42 Å². The highest BCUT2D eigenvalue weighted by Crippen LogP contribution is 2.41. The highest BCUT2D eigenvalue weighted by Gasteiger charge is 2.22. The van der Waals surface area contributed by atoms with Crippen molar-refractivity contribution in [1.82, 2.24) is 29.3 Å². The van der Waals surface area contributed by atoms with E-state index in [-0.39, 0.29) is 0 Å². The first-order valence-electron chi connectivity index (χ1n) is 15.8. The number of para-hydroxylation sites is 4. The molecule has 0 amide bonds. The Labute approximate surface area is 273 Å². The van der Waals surface area contributed by atoms with E-state index in [4.69, 9.17) is 29.3 Å². The molecule has 48 heavy (non-hydrogen) atoms. The van der Waals surface area contributed by atoms with Gasteiger partial charge in [0.25, 0.3) is 0 Å². The molecule has 7 heteroatoms. The van der Waals surface area contributed by atoms with Gasteiger partial charge in [0.2, 0.25) is 0 Å². The summed E-state index contributed by atoms with van der Waals surface area (Å²) in [4.78, 5) is 25.2. The number of hydrogen-bond acceptors (Lipinski definition) is 6. The van der Waals surface area contributed by atoms with Crippen molar-refractivity contribution in [3.05, 3.63) is 146 Å². The van der Waals surface area contributed by atoms with Crippen molar-refractivity contribution in [2.75, 3.05) is 0 Å². The van der Waals surface area contributed by atoms with Crippen LogP contribution in [0.4, 0.5) is 0 Å². The summed E-state index contributed by atoms with van der Waals surface area (Å²) in [7, 11) is 0. The van der Waals surface area contributed by atoms with Gasteiger partial charge in [0.05, 0.1) is 22.1 Å². The third kappa shape index (κ3) is 4.04. The third-order valence-electron chi connectivity index (χ3n) is 8.85. The second kappa shape index (κ2) is 10.4. The van der Waals surface area contributed by atoms with Crippen molar-refractivity contribution in [1.29, 1.82) is 0 Å². The summed E-state index contributed by atoms with van der Waals surface area (Å²) in [5.74, 6) is 2.56. The van der Waals surface area contributed by atoms with E-state index < -0.39 is 0 Å². The van der Waals surface area contributed by atoms with Crippen LogP contribution >= 0.6 is 0 Å². The molecule has 0 saturated carbocycles. The predicted molar refractivity (Wildman–Crippen MR) is 190 cm³/mol. The topological polar surface area (TPSA) is 82.0 Å². The third-order valence-corrected chi connectivity index (χ3v) is 8.85. The molecule has 0 radical (unpaired) electrons. The first-order valence-corrected chi connectivity index (χ1v) is 15.8. The van der Waals surface area contributed by atoms with Gasteiger partial charge in [-0.2, -0.15) is 0 Å². The minimum atomic E-state index is 0.577. The van der Waals surface area contributed by atoms with Crippen LogP contribution in [0, 0.1) is 0 Å².